The summed E-state index contributed by atoms with van der Waals surface area (Å²) in [5.41, 5.74) is -3.91. The van der Waals surface area contributed by atoms with Gasteiger partial charge < -0.3 is 19.9 Å². The molecule has 1 aromatic rings. The van der Waals surface area contributed by atoms with Crippen LogP contribution in [0.25, 0.3) is 0 Å². The SMILES string of the molecule is COC(=O)C(O)(c1ccc(NCC2CC2)c(OC)c1)C(F)(F)F. The van der Waals surface area contributed by atoms with Crippen LogP contribution in [0.4, 0.5) is 18.9 Å². The molecule has 1 unspecified atom stereocenters. The van der Waals surface area contributed by atoms with Gasteiger partial charge in [-0.05, 0) is 30.9 Å². The topological polar surface area (TPSA) is 67.8 Å². The minimum absolute atomic E-state index is 0.106. The number of ether oxygens (including phenoxy) is 2. The van der Waals surface area contributed by atoms with Gasteiger partial charge in [-0.1, -0.05) is 6.07 Å². The largest absolute Gasteiger partial charge is 0.495 e. The lowest BCUT2D eigenvalue weighted by Gasteiger charge is -2.28. The Balaban J connectivity index is 2.37. The number of halogens is 3. The van der Waals surface area contributed by atoms with Gasteiger partial charge in [-0.25, -0.2) is 4.79 Å². The molecule has 0 amide bonds. The van der Waals surface area contributed by atoms with Crippen LogP contribution in [0.3, 0.4) is 0 Å². The molecule has 1 aliphatic rings. The molecule has 1 atom stereocenters. The predicted octanol–water partition coefficient (Wildman–Crippen LogP) is 2.44. The normalized spacial score (nSPS) is 17.3. The van der Waals surface area contributed by atoms with Crippen molar-refractivity contribution in [3.8, 4) is 5.75 Å². The van der Waals surface area contributed by atoms with Gasteiger partial charge in [0, 0.05) is 12.1 Å². The zero-order valence-corrected chi connectivity index (χ0v) is 12.7. The zero-order chi connectivity index (χ0) is 17.3. The zero-order valence-electron chi connectivity index (χ0n) is 12.7. The number of alkyl halides is 3. The van der Waals surface area contributed by atoms with Gasteiger partial charge in [-0.2, -0.15) is 13.2 Å². The van der Waals surface area contributed by atoms with Crippen LogP contribution < -0.4 is 10.1 Å². The van der Waals surface area contributed by atoms with Gasteiger partial charge >= 0.3 is 12.1 Å². The van der Waals surface area contributed by atoms with E-state index in [1.54, 1.807) is 0 Å². The van der Waals surface area contributed by atoms with Gasteiger partial charge in [0.2, 0.25) is 0 Å². The smallest absolute Gasteiger partial charge is 0.432 e. The Morgan fingerprint density at radius 1 is 1.35 bits per heavy atom. The van der Waals surface area contributed by atoms with E-state index < -0.39 is 23.3 Å². The van der Waals surface area contributed by atoms with E-state index >= 15 is 0 Å². The Morgan fingerprint density at radius 2 is 2.00 bits per heavy atom. The van der Waals surface area contributed by atoms with Gasteiger partial charge in [-0.15, -0.1) is 0 Å². The number of benzene rings is 1. The van der Waals surface area contributed by atoms with E-state index in [1.165, 1.54) is 13.2 Å². The second-order valence-electron chi connectivity index (χ2n) is 5.44. The lowest BCUT2D eigenvalue weighted by Crippen LogP contribution is -2.49. The third kappa shape index (κ3) is 3.36. The first-order valence-corrected chi connectivity index (χ1v) is 7.04. The molecule has 8 heteroatoms. The van der Waals surface area contributed by atoms with E-state index in [0.29, 0.717) is 18.2 Å². The number of hydrogen-bond acceptors (Lipinski definition) is 5. The van der Waals surface area contributed by atoms with Gasteiger partial charge in [0.05, 0.1) is 19.9 Å². The monoisotopic (exact) mass is 333 g/mol. The van der Waals surface area contributed by atoms with Crippen LogP contribution in [-0.2, 0) is 15.1 Å². The Labute approximate surface area is 131 Å². The van der Waals surface area contributed by atoms with E-state index in [1.807, 2.05) is 0 Å². The third-order valence-electron chi connectivity index (χ3n) is 3.79. The number of aliphatic hydroxyl groups is 1. The summed E-state index contributed by atoms with van der Waals surface area (Å²) in [6.45, 7) is 0.691. The van der Waals surface area contributed by atoms with Crippen LogP contribution in [-0.4, -0.2) is 38.0 Å². The molecule has 1 saturated carbocycles. The van der Waals surface area contributed by atoms with Crippen molar-refractivity contribution in [1.82, 2.24) is 0 Å². The average molecular weight is 333 g/mol. The number of nitrogens with one attached hydrogen (secondary N) is 1. The van der Waals surface area contributed by atoms with Gasteiger partial charge in [0.15, 0.2) is 0 Å². The van der Waals surface area contributed by atoms with E-state index in [2.05, 4.69) is 10.1 Å². The highest BCUT2D eigenvalue weighted by Gasteiger charge is 2.62. The predicted molar refractivity (Wildman–Crippen MR) is 76.2 cm³/mol. The van der Waals surface area contributed by atoms with Crippen molar-refractivity contribution in [3.63, 3.8) is 0 Å². The van der Waals surface area contributed by atoms with Crippen molar-refractivity contribution in [2.45, 2.75) is 24.6 Å². The molecule has 5 nitrogen and oxygen atoms in total. The lowest BCUT2D eigenvalue weighted by atomic mass is 9.92. The summed E-state index contributed by atoms with van der Waals surface area (Å²) in [4.78, 5) is 11.5. The molecule has 128 valence electrons. The number of esters is 1. The second kappa shape index (κ2) is 6.27. The molecule has 2 rings (SSSR count). The van der Waals surface area contributed by atoms with Crippen molar-refractivity contribution in [3.05, 3.63) is 23.8 Å². The summed E-state index contributed by atoms with van der Waals surface area (Å²) in [7, 11) is 2.08. The summed E-state index contributed by atoms with van der Waals surface area (Å²) >= 11 is 0. The fourth-order valence-corrected chi connectivity index (χ4v) is 2.18. The number of carbonyl (C=O) groups is 1. The standard InChI is InChI=1S/C15H18F3NO4/c1-22-12-7-10(5-6-11(12)19-8-9-3-4-9)14(21,13(20)23-2)15(16,17)18/h5-7,9,19,21H,3-4,8H2,1-2H3. The van der Waals surface area contributed by atoms with Crippen LogP contribution in [0.1, 0.15) is 18.4 Å². The quantitative estimate of drug-likeness (QED) is 0.783. The van der Waals surface area contributed by atoms with E-state index in [4.69, 9.17) is 4.74 Å². The Hall–Kier alpha value is -1.96. The highest BCUT2D eigenvalue weighted by Crippen LogP contribution is 2.42. The highest BCUT2D eigenvalue weighted by atomic mass is 19.4. The summed E-state index contributed by atoms with van der Waals surface area (Å²) in [5, 5.41) is 13.0. The third-order valence-corrected chi connectivity index (χ3v) is 3.79. The molecule has 0 spiro atoms. The number of hydrogen-bond donors (Lipinski definition) is 2. The van der Waals surface area contributed by atoms with Crippen LogP contribution in [0, 0.1) is 5.92 Å². The first kappa shape index (κ1) is 17.4. The maximum atomic E-state index is 13.2. The Bertz CT molecular complexity index is 587. The van der Waals surface area contributed by atoms with Crippen LogP contribution in [0.5, 0.6) is 5.75 Å². The molecule has 1 aliphatic carbocycles. The van der Waals surface area contributed by atoms with Crippen LogP contribution in [0.2, 0.25) is 0 Å². The molecular weight excluding hydrogens is 315 g/mol. The fourth-order valence-electron chi connectivity index (χ4n) is 2.18. The molecule has 0 saturated heterocycles. The van der Waals surface area contributed by atoms with Crippen molar-refractivity contribution in [2.75, 3.05) is 26.1 Å². The van der Waals surface area contributed by atoms with Gasteiger partial charge in [0.25, 0.3) is 5.60 Å². The first-order valence-electron chi connectivity index (χ1n) is 7.04. The summed E-state index contributed by atoms with van der Waals surface area (Å²) < 4.78 is 48.8. The van der Waals surface area contributed by atoms with E-state index in [9.17, 15) is 23.1 Å². The van der Waals surface area contributed by atoms with Crippen molar-refractivity contribution < 1.29 is 32.5 Å². The number of methoxy groups -OCH3 is 2. The van der Waals surface area contributed by atoms with E-state index in [0.717, 1.165) is 32.1 Å². The van der Waals surface area contributed by atoms with Crippen LogP contribution >= 0.6 is 0 Å². The maximum absolute atomic E-state index is 13.2. The summed E-state index contributed by atoms with van der Waals surface area (Å²) in [6.07, 6.45) is -3.00. The fraction of sp³-hybridized carbons (Fsp3) is 0.533. The minimum atomic E-state index is -5.23. The molecule has 23 heavy (non-hydrogen) atoms. The summed E-state index contributed by atoms with van der Waals surface area (Å²) in [6, 6.07) is 3.36. The minimum Gasteiger partial charge on any atom is -0.495 e. The second-order valence-corrected chi connectivity index (χ2v) is 5.44. The Kier molecular flexibility index (Phi) is 4.74. The molecular formula is C15H18F3NO4. The first-order chi connectivity index (χ1) is 10.7. The van der Waals surface area contributed by atoms with Gasteiger partial charge in [-0.3, -0.25) is 0 Å². The maximum Gasteiger partial charge on any atom is 0.432 e. The molecule has 0 aromatic heterocycles. The lowest BCUT2D eigenvalue weighted by molar-refractivity contribution is -0.266. The van der Waals surface area contributed by atoms with Gasteiger partial charge in [0.1, 0.15) is 5.75 Å². The summed E-state index contributed by atoms with van der Waals surface area (Å²) in [5.74, 6) is -1.14. The molecule has 0 aliphatic heterocycles. The number of rotatable bonds is 6. The van der Waals surface area contributed by atoms with Crippen molar-refractivity contribution in [2.24, 2.45) is 5.92 Å². The van der Waals surface area contributed by atoms with Crippen LogP contribution in [0.15, 0.2) is 18.2 Å². The Morgan fingerprint density at radius 3 is 2.48 bits per heavy atom. The van der Waals surface area contributed by atoms with Crippen molar-refractivity contribution in [1.29, 1.82) is 0 Å². The van der Waals surface area contributed by atoms with E-state index in [-0.39, 0.29) is 5.75 Å². The molecule has 0 radical (unpaired) electrons. The molecule has 1 fully saturated rings. The molecule has 2 N–H and O–H groups in total. The average Bonchev–Trinajstić information content (AvgIpc) is 3.34. The molecule has 1 aromatic carbocycles. The number of anilines is 1. The van der Waals surface area contributed by atoms with Crippen molar-refractivity contribution >= 4 is 11.7 Å². The molecule has 0 heterocycles. The number of carbonyl (C=O) groups excluding carboxylic acids is 1. The molecule has 0 bridgehead atoms. The highest BCUT2D eigenvalue weighted by molar-refractivity contribution is 5.82.